The zero-order chi connectivity index (χ0) is 19.8. The summed E-state index contributed by atoms with van der Waals surface area (Å²) in [5, 5.41) is 4.21. The fourth-order valence-corrected chi connectivity index (χ4v) is 3.40. The molecule has 0 bridgehead atoms. The van der Waals surface area contributed by atoms with Gasteiger partial charge in [0, 0.05) is 23.1 Å². The average Bonchev–Trinajstić information content (AvgIpc) is 2.75. The topological polar surface area (TPSA) is 72.7 Å². The molecule has 5 aromatic rings. The van der Waals surface area contributed by atoms with Gasteiger partial charge in [-0.3, -0.25) is 14.8 Å². The van der Waals surface area contributed by atoms with Crippen LogP contribution in [0.1, 0.15) is 0 Å². The zero-order valence-electron chi connectivity index (χ0n) is 15.1. The second kappa shape index (κ2) is 7.00. The molecule has 0 saturated carbocycles. The molecule has 1 N–H and O–H groups in total. The molecule has 0 radical (unpaired) electrons. The van der Waals surface area contributed by atoms with Crippen LogP contribution >= 0.6 is 11.6 Å². The van der Waals surface area contributed by atoms with Crippen LogP contribution in [0.15, 0.2) is 83.9 Å². The standard InChI is InChI=1S/C22H14ClN5O/c23-14-6-8-18-17(12-14)21(29)28(16-4-2-1-3-5-16)22(27-18)26-15-7-9-19-20(13-15)25-11-10-24-19/h1-13H,(H,26,27). The van der Waals surface area contributed by atoms with Crippen LogP contribution in [-0.2, 0) is 0 Å². The first-order chi connectivity index (χ1) is 14.2. The van der Waals surface area contributed by atoms with E-state index in [2.05, 4.69) is 20.3 Å². The maximum absolute atomic E-state index is 13.3. The average molecular weight is 400 g/mol. The molecule has 29 heavy (non-hydrogen) atoms. The predicted molar refractivity (Wildman–Crippen MR) is 115 cm³/mol. The van der Waals surface area contributed by atoms with Crippen molar-refractivity contribution in [2.45, 2.75) is 0 Å². The minimum atomic E-state index is -0.202. The third kappa shape index (κ3) is 3.19. The van der Waals surface area contributed by atoms with E-state index in [9.17, 15) is 4.79 Å². The smallest absolute Gasteiger partial charge is 0.267 e. The molecule has 6 nitrogen and oxygen atoms in total. The Hall–Kier alpha value is -3.77. The second-order valence-corrected chi connectivity index (χ2v) is 6.89. The Bertz CT molecular complexity index is 1420. The van der Waals surface area contributed by atoms with E-state index in [0.29, 0.717) is 27.6 Å². The van der Waals surface area contributed by atoms with Gasteiger partial charge in [-0.15, -0.1) is 0 Å². The molecule has 0 amide bonds. The minimum Gasteiger partial charge on any atom is -0.325 e. The third-order valence-electron chi connectivity index (χ3n) is 4.57. The summed E-state index contributed by atoms with van der Waals surface area (Å²) in [5.41, 5.74) is 3.36. The first kappa shape index (κ1) is 17.3. The van der Waals surface area contributed by atoms with Crippen molar-refractivity contribution in [3.8, 4) is 5.69 Å². The minimum absolute atomic E-state index is 0.202. The fraction of sp³-hybridized carbons (Fsp3) is 0. The van der Waals surface area contributed by atoms with Crippen molar-refractivity contribution in [2.75, 3.05) is 5.32 Å². The molecule has 7 heteroatoms. The molecule has 3 aromatic carbocycles. The summed E-state index contributed by atoms with van der Waals surface area (Å²) < 4.78 is 1.54. The Kier molecular flexibility index (Phi) is 4.18. The van der Waals surface area contributed by atoms with Crippen LogP contribution in [0.5, 0.6) is 0 Å². The number of aromatic nitrogens is 4. The molecule has 5 rings (SSSR count). The van der Waals surface area contributed by atoms with Crippen LogP contribution in [0.25, 0.3) is 27.6 Å². The lowest BCUT2D eigenvalue weighted by atomic mass is 10.2. The summed E-state index contributed by atoms with van der Waals surface area (Å²) in [5.74, 6) is 0.402. The summed E-state index contributed by atoms with van der Waals surface area (Å²) in [7, 11) is 0. The van der Waals surface area contributed by atoms with Gasteiger partial charge in [0.1, 0.15) is 0 Å². The highest BCUT2D eigenvalue weighted by molar-refractivity contribution is 6.31. The van der Waals surface area contributed by atoms with Crippen LogP contribution in [0, 0.1) is 0 Å². The van der Waals surface area contributed by atoms with E-state index in [-0.39, 0.29) is 5.56 Å². The summed E-state index contributed by atoms with van der Waals surface area (Å²) in [4.78, 5) is 26.6. The molecule has 2 aromatic heterocycles. The summed E-state index contributed by atoms with van der Waals surface area (Å²) in [6.45, 7) is 0. The summed E-state index contributed by atoms with van der Waals surface area (Å²) in [6.07, 6.45) is 3.29. The number of fused-ring (bicyclic) bond motifs is 2. The van der Waals surface area contributed by atoms with Gasteiger partial charge < -0.3 is 5.32 Å². The summed E-state index contributed by atoms with van der Waals surface area (Å²) >= 11 is 6.11. The van der Waals surface area contributed by atoms with Crippen molar-refractivity contribution < 1.29 is 0 Å². The molecule has 140 valence electrons. The first-order valence-electron chi connectivity index (χ1n) is 8.94. The van der Waals surface area contributed by atoms with Crippen molar-refractivity contribution in [1.29, 1.82) is 0 Å². The van der Waals surface area contributed by atoms with Gasteiger partial charge in [-0.05, 0) is 48.5 Å². The van der Waals surface area contributed by atoms with Gasteiger partial charge in [-0.25, -0.2) is 9.55 Å². The van der Waals surface area contributed by atoms with Gasteiger partial charge >= 0.3 is 0 Å². The van der Waals surface area contributed by atoms with E-state index in [4.69, 9.17) is 11.6 Å². The number of anilines is 2. The predicted octanol–water partition coefficient (Wildman–Crippen LogP) is 4.73. The van der Waals surface area contributed by atoms with Crippen molar-refractivity contribution in [3.05, 3.63) is 94.5 Å². The van der Waals surface area contributed by atoms with Gasteiger partial charge in [0.15, 0.2) is 0 Å². The van der Waals surface area contributed by atoms with E-state index >= 15 is 0 Å². The quantitative estimate of drug-likeness (QED) is 0.475. The van der Waals surface area contributed by atoms with Crippen molar-refractivity contribution >= 4 is 45.2 Å². The molecule has 0 saturated heterocycles. The maximum Gasteiger partial charge on any atom is 0.267 e. The zero-order valence-corrected chi connectivity index (χ0v) is 15.8. The van der Waals surface area contributed by atoms with Crippen LogP contribution in [0.2, 0.25) is 5.02 Å². The number of nitrogens with zero attached hydrogens (tertiary/aromatic N) is 4. The van der Waals surface area contributed by atoms with Gasteiger partial charge in [0.25, 0.3) is 5.56 Å². The number of hydrogen-bond acceptors (Lipinski definition) is 5. The largest absolute Gasteiger partial charge is 0.325 e. The number of nitrogens with one attached hydrogen (secondary N) is 1. The number of para-hydroxylation sites is 1. The lowest BCUT2D eigenvalue weighted by Gasteiger charge is -2.15. The number of rotatable bonds is 3. The number of halogens is 1. The van der Waals surface area contributed by atoms with Gasteiger partial charge in [-0.1, -0.05) is 29.8 Å². The summed E-state index contributed by atoms with van der Waals surface area (Å²) in [6, 6.07) is 20.1. The van der Waals surface area contributed by atoms with E-state index in [0.717, 1.165) is 16.7 Å². The van der Waals surface area contributed by atoms with E-state index in [1.807, 2.05) is 48.5 Å². The molecule has 0 aliphatic heterocycles. The Morgan fingerprint density at radius 1 is 0.828 bits per heavy atom. The molecule has 0 atom stereocenters. The van der Waals surface area contributed by atoms with Crippen molar-refractivity contribution in [3.63, 3.8) is 0 Å². The highest BCUT2D eigenvalue weighted by Crippen LogP contribution is 2.23. The Balaban J connectivity index is 1.72. The molecule has 2 heterocycles. The van der Waals surface area contributed by atoms with Crippen LogP contribution in [-0.4, -0.2) is 19.5 Å². The highest BCUT2D eigenvalue weighted by Gasteiger charge is 2.14. The molecular formula is C22H14ClN5O. The van der Waals surface area contributed by atoms with E-state index in [1.54, 1.807) is 35.2 Å². The molecule has 0 aliphatic rings. The number of hydrogen-bond donors (Lipinski definition) is 1. The van der Waals surface area contributed by atoms with Gasteiger partial charge in [0.2, 0.25) is 5.95 Å². The van der Waals surface area contributed by atoms with Crippen LogP contribution in [0.4, 0.5) is 11.6 Å². The normalized spacial score (nSPS) is 11.1. The van der Waals surface area contributed by atoms with Crippen LogP contribution < -0.4 is 10.9 Å². The first-order valence-corrected chi connectivity index (χ1v) is 9.32. The van der Waals surface area contributed by atoms with E-state index in [1.165, 1.54) is 0 Å². The molecule has 0 unspecified atom stereocenters. The highest BCUT2D eigenvalue weighted by atomic mass is 35.5. The molecule has 0 fully saturated rings. The van der Waals surface area contributed by atoms with Gasteiger partial charge in [0.05, 0.1) is 27.6 Å². The van der Waals surface area contributed by atoms with Crippen molar-refractivity contribution in [1.82, 2.24) is 19.5 Å². The molecule has 0 spiro atoms. The Morgan fingerprint density at radius 3 is 2.41 bits per heavy atom. The second-order valence-electron chi connectivity index (χ2n) is 6.46. The fourth-order valence-electron chi connectivity index (χ4n) is 3.23. The monoisotopic (exact) mass is 399 g/mol. The molecule has 0 aliphatic carbocycles. The Labute approximate surface area is 170 Å². The lowest BCUT2D eigenvalue weighted by Crippen LogP contribution is -2.22. The van der Waals surface area contributed by atoms with Crippen molar-refractivity contribution in [2.24, 2.45) is 0 Å². The lowest BCUT2D eigenvalue weighted by molar-refractivity contribution is 0.974. The van der Waals surface area contributed by atoms with E-state index < -0.39 is 0 Å². The number of benzene rings is 3. The third-order valence-corrected chi connectivity index (χ3v) is 4.81. The Morgan fingerprint density at radius 2 is 1.59 bits per heavy atom. The molecular weight excluding hydrogens is 386 g/mol. The SMILES string of the molecule is O=c1c2cc(Cl)ccc2nc(Nc2ccc3nccnc3c2)n1-c1ccccc1. The van der Waals surface area contributed by atoms with Crippen LogP contribution in [0.3, 0.4) is 0 Å². The maximum atomic E-state index is 13.3. The van der Waals surface area contributed by atoms with Gasteiger partial charge in [-0.2, -0.15) is 0 Å².